The smallest absolute Gasteiger partial charge is 0.168 e. The summed E-state index contributed by atoms with van der Waals surface area (Å²) in [5.41, 5.74) is 1.06. The third-order valence-electron chi connectivity index (χ3n) is 4.35. The highest BCUT2D eigenvalue weighted by Gasteiger charge is 2.52. The molecule has 0 saturated carbocycles. The number of ether oxygens (including phenoxy) is 1. The van der Waals surface area contributed by atoms with E-state index in [9.17, 15) is 4.79 Å². The van der Waals surface area contributed by atoms with Crippen LogP contribution in [0.25, 0.3) is 0 Å². The molecule has 124 valence electrons. The lowest BCUT2D eigenvalue weighted by molar-refractivity contribution is -0.165. The molecule has 0 bridgehead atoms. The summed E-state index contributed by atoms with van der Waals surface area (Å²) in [6.07, 6.45) is 2.20. The second kappa shape index (κ2) is 7.12. The van der Waals surface area contributed by atoms with Crippen molar-refractivity contribution in [3.8, 4) is 0 Å². The van der Waals surface area contributed by atoms with Crippen LogP contribution in [0.4, 0.5) is 0 Å². The molecule has 0 aromatic heterocycles. The summed E-state index contributed by atoms with van der Waals surface area (Å²) in [5, 5.41) is 0. The maximum Gasteiger partial charge on any atom is 0.168 e. The summed E-state index contributed by atoms with van der Waals surface area (Å²) in [7, 11) is 4.11. The molecular formula is C18H28ClNO2. The molecule has 0 aliphatic carbocycles. The summed E-state index contributed by atoms with van der Waals surface area (Å²) in [5.74, 6) is 0.194. The molecule has 4 heteroatoms. The molecule has 0 fully saturated rings. The van der Waals surface area contributed by atoms with Crippen molar-refractivity contribution in [1.82, 2.24) is 4.90 Å². The first-order valence-electron chi connectivity index (χ1n) is 7.81. The zero-order chi connectivity index (χ0) is 15.7. The molecule has 1 atom stereocenters. The van der Waals surface area contributed by atoms with Gasteiger partial charge >= 0.3 is 0 Å². The molecule has 1 aromatic rings. The summed E-state index contributed by atoms with van der Waals surface area (Å²) in [6, 6.07) is 8.18. The van der Waals surface area contributed by atoms with Crippen LogP contribution in [0, 0.1) is 0 Å². The predicted molar refractivity (Wildman–Crippen MR) is 92.6 cm³/mol. The van der Waals surface area contributed by atoms with E-state index in [0.29, 0.717) is 6.42 Å². The van der Waals surface area contributed by atoms with Gasteiger partial charge in [0.2, 0.25) is 0 Å². The molecule has 0 amide bonds. The van der Waals surface area contributed by atoms with Crippen LogP contribution in [0.5, 0.6) is 0 Å². The van der Waals surface area contributed by atoms with E-state index in [4.69, 9.17) is 4.74 Å². The number of halogens is 1. The molecule has 22 heavy (non-hydrogen) atoms. The van der Waals surface area contributed by atoms with E-state index < -0.39 is 11.2 Å². The first-order chi connectivity index (χ1) is 9.83. The highest BCUT2D eigenvalue weighted by molar-refractivity contribution is 5.89. The van der Waals surface area contributed by atoms with Crippen LogP contribution in [-0.4, -0.2) is 31.3 Å². The SMILES string of the molecule is CCC(=O)C1(CCCN(C)C)OC(C)(C)c2ccccc21.Cl. The Bertz CT molecular complexity index is 528. The van der Waals surface area contributed by atoms with Crippen LogP contribution in [-0.2, 0) is 20.7 Å². The van der Waals surface area contributed by atoms with Crippen LogP contribution >= 0.6 is 12.4 Å². The molecule has 1 unspecified atom stereocenters. The molecule has 3 nitrogen and oxygen atoms in total. The van der Waals surface area contributed by atoms with Gasteiger partial charge in [-0.15, -0.1) is 12.4 Å². The molecule has 1 aromatic carbocycles. The van der Waals surface area contributed by atoms with Gasteiger partial charge in [-0.3, -0.25) is 4.79 Å². The molecule has 1 aliphatic heterocycles. The Morgan fingerprint density at radius 2 is 1.77 bits per heavy atom. The van der Waals surface area contributed by atoms with Crippen molar-refractivity contribution in [3.05, 3.63) is 35.4 Å². The number of hydrogen-bond donors (Lipinski definition) is 0. The third kappa shape index (κ3) is 3.37. The average Bonchev–Trinajstić information content (AvgIpc) is 2.67. The number of carbonyl (C=O) groups excluding carboxylic acids is 1. The lowest BCUT2D eigenvalue weighted by Crippen LogP contribution is -2.38. The van der Waals surface area contributed by atoms with Gasteiger partial charge in [-0.25, -0.2) is 0 Å². The highest BCUT2D eigenvalue weighted by atomic mass is 35.5. The van der Waals surface area contributed by atoms with Crippen molar-refractivity contribution in [1.29, 1.82) is 0 Å². The lowest BCUT2D eigenvalue weighted by Gasteiger charge is -2.31. The van der Waals surface area contributed by atoms with Crippen molar-refractivity contribution in [2.75, 3.05) is 20.6 Å². The quantitative estimate of drug-likeness (QED) is 0.794. The fourth-order valence-corrected chi connectivity index (χ4v) is 3.37. The Morgan fingerprint density at radius 3 is 2.32 bits per heavy atom. The standard InChI is InChI=1S/C18H27NO2.ClH/c1-6-16(20)18(12-9-13-19(4)5)15-11-8-7-10-14(15)17(2,3)21-18;/h7-8,10-11H,6,9,12-13H2,1-5H3;1H. The third-order valence-corrected chi connectivity index (χ3v) is 4.35. The Labute approximate surface area is 140 Å². The van der Waals surface area contributed by atoms with Gasteiger partial charge in [0.25, 0.3) is 0 Å². The number of nitrogens with zero attached hydrogens (tertiary/aromatic N) is 1. The van der Waals surface area contributed by atoms with Crippen molar-refractivity contribution in [3.63, 3.8) is 0 Å². The molecule has 0 saturated heterocycles. The molecule has 0 N–H and O–H groups in total. The normalized spacial score (nSPS) is 22.3. The van der Waals surface area contributed by atoms with Gasteiger partial charge in [0.05, 0.1) is 5.60 Å². The maximum absolute atomic E-state index is 12.7. The van der Waals surface area contributed by atoms with Crippen LogP contribution in [0.1, 0.15) is 51.2 Å². The highest BCUT2D eigenvalue weighted by Crippen LogP contribution is 2.50. The molecule has 0 spiro atoms. The summed E-state index contributed by atoms with van der Waals surface area (Å²) in [6.45, 7) is 7.00. The van der Waals surface area contributed by atoms with E-state index in [1.54, 1.807) is 0 Å². The van der Waals surface area contributed by atoms with Crippen LogP contribution in [0.3, 0.4) is 0 Å². The van der Waals surface area contributed by atoms with E-state index in [-0.39, 0.29) is 18.2 Å². The van der Waals surface area contributed by atoms with Crippen molar-refractivity contribution in [2.24, 2.45) is 0 Å². The topological polar surface area (TPSA) is 29.5 Å². The van der Waals surface area contributed by atoms with Crippen LogP contribution in [0.2, 0.25) is 0 Å². The molecule has 0 radical (unpaired) electrons. The van der Waals surface area contributed by atoms with Crippen molar-refractivity contribution < 1.29 is 9.53 Å². The number of rotatable bonds is 6. The van der Waals surface area contributed by atoms with E-state index >= 15 is 0 Å². The largest absolute Gasteiger partial charge is 0.352 e. The molecular weight excluding hydrogens is 298 g/mol. The van der Waals surface area contributed by atoms with Gasteiger partial charge in [0.15, 0.2) is 11.4 Å². The number of hydrogen-bond acceptors (Lipinski definition) is 3. The van der Waals surface area contributed by atoms with Gasteiger partial charge in [-0.05, 0) is 58.5 Å². The molecule has 2 rings (SSSR count). The van der Waals surface area contributed by atoms with E-state index in [1.807, 2.05) is 19.1 Å². The zero-order valence-corrected chi connectivity index (χ0v) is 15.1. The minimum atomic E-state index is -0.759. The van der Waals surface area contributed by atoms with Crippen LogP contribution in [0.15, 0.2) is 24.3 Å². The first kappa shape index (κ1) is 19.1. The number of fused-ring (bicyclic) bond motifs is 1. The summed E-state index contributed by atoms with van der Waals surface area (Å²) < 4.78 is 6.37. The van der Waals surface area contributed by atoms with Gasteiger partial charge in [-0.1, -0.05) is 31.2 Å². The molecule has 1 heterocycles. The number of Topliss-reactive ketones (excluding diaryl/α,β-unsaturated/α-hetero) is 1. The fourth-order valence-electron chi connectivity index (χ4n) is 3.37. The van der Waals surface area contributed by atoms with E-state index in [1.165, 1.54) is 0 Å². The average molecular weight is 326 g/mol. The second-order valence-electron chi connectivity index (χ2n) is 6.67. The fraction of sp³-hybridized carbons (Fsp3) is 0.611. The van der Waals surface area contributed by atoms with Gasteiger partial charge in [-0.2, -0.15) is 0 Å². The Hall–Kier alpha value is -0.900. The lowest BCUT2D eigenvalue weighted by atomic mass is 9.82. The predicted octanol–water partition coefficient (Wildman–Crippen LogP) is 3.89. The number of ketones is 1. The number of carbonyl (C=O) groups is 1. The minimum Gasteiger partial charge on any atom is -0.352 e. The maximum atomic E-state index is 12.7. The van der Waals surface area contributed by atoms with Crippen LogP contribution < -0.4 is 0 Å². The molecule has 1 aliphatic rings. The Morgan fingerprint density at radius 1 is 1.18 bits per heavy atom. The Kier molecular flexibility index (Phi) is 6.19. The van der Waals surface area contributed by atoms with Gasteiger partial charge in [0.1, 0.15) is 0 Å². The minimum absolute atomic E-state index is 0. The summed E-state index contributed by atoms with van der Waals surface area (Å²) in [4.78, 5) is 14.9. The summed E-state index contributed by atoms with van der Waals surface area (Å²) >= 11 is 0. The Balaban J connectivity index is 0.00000242. The van der Waals surface area contributed by atoms with E-state index in [2.05, 4.69) is 45.0 Å². The monoisotopic (exact) mass is 325 g/mol. The zero-order valence-electron chi connectivity index (χ0n) is 14.3. The second-order valence-corrected chi connectivity index (χ2v) is 6.67. The van der Waals surface area contributed by atoms with Gasteiger partial charge in [0, 0.05) is 6.42 Å². The van der Waals surface area contributed by atoms with Gasteiger partial charge < -0.3 is 9.64 Å². The number of benzene rings is 1. The van der Waals surface area contributed by atoms with Crippen molar-refractivity contribution >= 4 is 18.2 Å². The van der Waals surface area contributed by atoms with E-state index in [0.717, 1.165) is 30.5 Å². The first-order valence-corrected chi connectivity index (χ1v) is 7.81. The van der Waals surface area contributed by atoms with Crippen molar-refractivity contribution in [2.45, 2.75) is 51.2 Å².